The Bertz CT molecular complexity index is 1020. The van der Waals surface area contributed by atoms with E-state index in [-0.39, 0.29) is 10.3 Å². The zero-order valence-electron chi connectivity index (χ0n) is 17.1. The number of hydrogen-bond acceptors (Lipinski definition) is 6. The van der Waals surface area contributed by atoms with E-state index in [1.165, 1.54) is 6.33 Å². The van der Waals surface area contributed by atoms with Gasteiger partial charge in [0, 0.05) is 36.5 Å². The smallest absolute Gasteiger partial charge is 0.362 e. The highest BCUT2D eigenvalue weighted by molar-refractivity contribution is 7.18. The Balaban J connectivity index is 1.55. The summed E-state index contributed by atoms with van der Waals surface area (Å²) in [7, 11) is 0. The second-order valence-corrected chi connectivity index (χ2v) is 9.47. The van der Waals surface area contributed by atoms with Gasteiger partial charge in [-0.1, -0.05) is 6.92 Å². The summed E-state index contributed by atoms with van der Waals surface area (Å²) in [6.07, 6.45) is -0.885. The number of nitrogens with zero attached hydrogens (tertiary/aromatic N) is 5. The fraction of sp³-hybridized carbons (Fsp3) is 0.571. The number of nitriles is 1. The molecule has 0 aromatic carbocycles. The number of hydrogen-bond donors (Lipinski definition) is 0. The maximum Gasteiger partial charge on any atom is 0.393 e. The van der Waals surface area contributed by atoms with Crippen molar-refractivity contribution < 1.29 is 13.2 Å². The molecule has 2 saturated heterocycles. The zero-order chi connectivity index (χ0) is 21.5. The lowest BCUT2D eigenvalue weighted by atomic mass is 9.86. The molecule has 160 valence electrons. The molecule has 2 fully saturated rings. The van der Waals surface area contributed by atoms with Crippen molar-refractivity contribution in [3.05, 3.63) is 28.5 Å². The van der Waals surface area contributed by atoms with E-state index in [1.807, 2.05) is 6.92 Å². The largest absolute Gasteiger partial charge is 0.393 e. The average molecular weight is 436 g/mol. The highest BCUT2D eigenvalue weighted by atomic mass is 32.1. The fourth-order valence-electron chi connectivity index (χ4n) is 4.61. The van der Waals surface area contributed by atoms with Gasteiger partial charge in [0.2, 0.25) is 0 Å². The van der Waals surface area contributed by atoms with Gasteiger partial charge in [0.15, 0.2) is 0 Å². The van der Waals surface area contributed by atoms with E-state index in [1.54, 1.807) is 6.07 Å². The van der Waals surface area contributed by atoms with Crippen molar-refractivity contribution in [2.24, 2.45) is 5.41 Å². The van der Waals surface area contributed by atoms with Gasteiger partial charge in [0.1, 0.15) is 28.7 Å². The van der Waals surface area contributed by atoms with Gasteiger partial charge < -0.3 is 9.80 Å². The third kappa shape index (κ3) is 3.97. The maximum atomic E-state index is 12.8. The van der Waals surface area contributed by atoms with Crippen LogP contribution in [-0.4, -0.2) is 47.2 Å². The van der Waals surface area contributed by atoms with Gasteiger partial charge in [-0.15, -0.1) is 11.3 Å². The lowest BCUT2D eigenvalue weighted by Gasteiger charge is -2.26. The fourth-order valence-corrected chi connectivity index (χ4v) is 5.63. The number of aromatic nitrogens is 2. The summed E-state index contributed by atoms with van der Waals surface area (Å²) < 4.78 is 38.4. The number of alkyl halides is 3. The number of likely N-dealkylation sites (tertiary alicyclic amines) is 1. The van der Waals surface area contributed by atoms with Crippen LogP contribution in [0.25, 0.3) is 10.2 Å². The molecule has 0 bridgehead atoms. The lowest BCUT2D eigenvalue weighted by Crippen LogP contribution is -2.31. The summed E-state index contributed by atoms with van der Waals surface area (Å²) in [4.78, 5) is 13.9. The van der Waals surface area contributed by atoms with Crippen LogP contribution >= 0.6 is 11.3 Å². The van der Waals surface area contributed by atoms with Crippen LogP contribution in [0.2, 0.25) is 0 Å². The van der Waals surface area contributed by atoms with Gasteiger partial charge in [-0.2, -0.15) is 18.4 Å². The third-order valence-electron chi connectivity index (χ3n) is 6.27. The Hall–Kier alpha value is -2.34. The minimum atomic E-state index is -4.23. The molecular weight excluding hydrogens is 411 g/mol. The van der Waals surface area contributed by atoms with E-state index in [0.717, 1.165) is 73.9 Å². The molecule has 0 saturated carbocycles. The maximum absolute atomic E-state index is 12.8. The normalized spacial score (nSPS) is 22.8. The van der Waals surface area contributed by atoms with E-state index in [4.69, 9.17) is 0 Å². The number of halogens is 3. The van der Waals surface area contributed by atoms with Crippen LogP contribution in [0.1, 0.15) is 38.0 Å². The lowest BCUT2D eigenvalue weighted by molar-refractivity contribution is -0.126. The zero-order valence-corrected chi connectivity index (χ0v) is 17.9. The molecule has 30 heavy (non-hydrogen) atoms. The number of rotatable bonds is 4. The molecule has 1 atom stereocenters. The summed E-state index contributed by atoms with van der Waals surface area (Å²) in [5.74, 6) is 0.723. The molecule has 2 aromatic rings. The molecule has 4 heterocycles. The summed E-state index contributed by atoms with van der Waals surface area (Å²) >= 11 is 1.09. The van der Waals surface area contributed by atoms with E-state index >= 15 is 0 Å². The van der Waals surface area contributed by atoms with Crippen LogP contribution in [0.4, 0.5) is 19.0 Å². The van der Waals surface area contributed by atoms with E-state index in [9.17, 15) is 18.4 Å². The average Bonchev–Trinajstić information content (AvgIpc) is 3.39. The van der Waals surface area contributed by atoms with Gasteiger partial charge in [0.25, 0.3) is 0 Å². The summed E-state index contributed by atoms with van der Waals surface area (Å²) in [5.41, 5.74) is 1.97. The third-order valence-corrected chi connectivity index (χ3v) is 7.31. The second-order valence-electron chi connectivity index (χ2n) is 8.36. The van der Waals surface area contributed by atoms with Crippen molar-refractivity contribution in [2.75, 3.05) is 31.1 Å². The Morgan fingerprint density at radius 1 is 1.27 bits per heavy atom. The molecule has 9 heteroatoms. The Labute approximate surface area is 177 Å². The van der Waals surface area contributed by atoms with Gasteiger partial charge in [-0.25, -0.2) is 9.97 Å². The SMILES string of the molecule is CC/C(C)=C(/C#N)N1CCC2(CCN(c3ncnc4sc(CC(F)(F)F)cc34)C2)C1. The van der Waals surface area contributed by atoms with Gasteiger partial charge in [0.05, 0.1) is 11.8 Å². The minimum absolute atomic E-state index is 0.0816. The molecule has 2 aliphatic rings. The van der Waals surface area contributed by atoms with Crippen molar-refractivity contribution in [1.82, 2.24) is 14.9 Å². The van der Waals surface area contributed by atoms with Gasteiger partial charge in [-0.3, -0.25) is 0 Å². The summed E-state index contributed by atoms with van der Waals surface area (Å²) in [6, 6.07) is 3.96. The van der Waals surface area contributed by atoms with Crippen molar-refractivity contribution >= 4 is 27.4 Å². The summed E-state index contributed by atoms with van der Waals surface area (Å²) in [6.45, 7) is 7.37. The second kappa shape index (κ2) is 7.73. The van der Waals surface area contributed by atoms with Crippen LogP contribution in [0.5, 0.6) is 0 Å². The molecule has 4 rings (SSSR count). The van der Waals surface area contributed by atoms with E-state index in [2.05, 4.69) is 32.8 Å². The highest BCUT2D eigenvalue weighted by Gasteiger charge is 2.45. The molecule has 2 aliphatic heterocycles. The topological polar surface area (TPSA) is 56.1 Å². The van der Waals surface area contributed by atoms with Crippen molar-refractivity contribution in [3.8, 4) is 6.07 Å². The first kappa shape index (κ1) is 20.9. The number of allylic oxidation sites excluding steroid dienone is 2. The van der Waals surface area contributed by atoms with E-state index < -0.39 is 12.6 Å². The van der Waals surface area contributed by atoms with Crippen LogP contribution in [0, 0.1) is 16.7 Å². The molecule has 0 radical (unpaired) electrons. The molecule has 2 aromatic heterocycles. The first-order valence-corrected chi connectivity index (χ1v) is 11.0. The predicted octanol–water partition coefficient (Wildman–Crippen LogP) is 4.91. The van der Waals surface area contributed by atoms with Crippen LogP contribution in [0.3, 0.4) is 0 Å². The van der Waals surface area contributed by atoms with Crippen LogP contribution in [0.15, 0.2) is 23.7 Å². The molecule has 1 unspecified atom stereocenters. The van der Waals surface area contributed by atoms with Gasteiger partial charge >= 0.3 is 6.18 Å². The first-order chi connectivity index (χ1) is 14.2. The van der Waals surface area contributed by atoms with Crippen molar-refractivity contribution in [3.63, 3.8) is 0 Å². The molecule has 5 nitrogen and oxygen atoms in total. The molecule has 0 N–H and O–H groups in total. The Morgan fingerprint density at radius 2 is 2.03 bits per heavy atom. The van der Waals surface area contributed by atoms with Gasteiger partial charge in [-0.05, 0) is 37.8 Å². The predicted molar refractivity (Wildman–Crippen MR) is 111 cm³/mol. The van der Waals surface area contributed by atoms with Crippen molar-refractivity contribution in [2.45, 2.75) is 45.7 Å². The number of anilines is 1. The standard InChI is InChI=1S/C21H24F3N5S/c1-3-14(2)17(10-25)28-6-4-20(11-28)5-7-29(12-20)18-16-8-15(9-21(22,23)24)30-19(16)27-13-26-18/h8,13H,3-7,9,11-12H2,1-2H3/b17-14-. The number of fused-ring (bicyclic) bond motifs is 1. The molecule has 0 aliphatic carbocycles. The highest BCUT2D eigenvalue weighted by Crippen LogP contribution is 2.44. The quantitative estimate of drug-likeness (QED) is 0.639. The molecular formula is C21H24F3N5S. The Kier molecular flexibility index (Phi) is 5.39. The number of thiophene rings is 1. The van der Waals surface area contributed by atoms with Crippen LogP contribution < -0.4 is 4.90 Å². The van der Waals surface area contributed by atoms with E-state index in [0.29, 0.717) is 10.2 Å². The minimum Gasteiger partial charge on any atom is -0.362 e. The molecule has 0 amide bonds. The van der Waals surface area contributed by atoms with Crippen LogP contribution in [-0.2, 0) is 6.42 Å². The first-order valence-electron chi connectivity index (χ1n) is 10.1. The Morgan fingerprint density at radius 3 is 2.73 bits per heavy atom. The monoisotopic (exact) mass is 435 g/mol. The molecule has 1 spiro atoms. The summed E-state index contributed by atoms with van der Waals surface area (Å²) in [5, 5.41) is 10.3. The van der Waals surface area contributed by atoms with Crippen molar-refractivity contribution in [1.29, 1.82) is 5.26 Å².